The number of nitrogens with zero attached hydrogens (tertiary/aromatic N) is 1. The van der Waals surface area contributed by atoms with Crippen molar-refractivity contribution in [3.8, 4) is 5.75 Å². The minimum Gasteiger partial charge on any atom is -0.480 e. The molecule has 0 saturated carbocycles. The highest BCUT2D eigenvalue weighted by molar-refractivity contribution is 9.10. The van der Waals surface area contributed by atoms with E-state index in [-0.39, 0.29) is 5.91 Å². The lowest BCUT2D eigenvalue weighted by Crippen LogP contribution is -2.39. The second kappa shape index (κ2) is 7.47. The van der Waals surface area contributed by atoms with Crippen LogP contribution in [0.15, 0.2) is 22.7 Å². The van der Waals surface area contributed by atoms with E-state index < -0.39 is 6.10 Å². The summed E-state index contributed by atoms with van der Waals surface area (Å²) in [6.45, 7) is 4.34. The first-order valence-corrected chi connectivity index (χ1v) is 8.23. The van der Waals surface area contributed by atoms with E-state index in [2.05, 4.69) is 21.2 Å². The van der Waals surface area contributed by atoms with Crippen molar-refractivity contribution in [3.05, 3.63) is 27.7 Å². The summed E-state index contributed by atoms with van der Waals surface area (Å²) in [6.07, 6.45) is 0.542. The van der Waals surface area contributed by atoms with E-state index in [0.29, 0.717) is 16.7 Å². The Bertz CT molecular complexity index is 512. The maximum atomic E-state index is 12.4. The van der Waals surface area contributed by atoms with Gasteiger partial charge in [0.25, 0.3) is 5.91 Å². The van der Waals surface area contributed by atoms with Gasteiger partial charge in [-0.3, -0.25) is 4.79 Å². The van der Waals surface area contributed by atoms with Gasteiger partial charge in [-0.15, -0.1) is 0 Å². The molecule has 21 heavy (non-hydrogen) atoms. The number of nitrogens with one attached hydrogen (secondary N) is 1. The molecule has 2 rings (SSSR count). The number of carbonyl (C=O) groups excluding carboxylic acids is 1. The zero-order valence-corrected chi connectivity index (χ0v) is 14.6. The van der Waals surface area contributed by atoms with Crippen LogP contribution in [0.25, 0.3) is 0 Å². The molecule has 1 amide bonds. The molecule has 1 aliphatic rings. The summed E-state index contributed by atoms with van der Waals surface area (Å²) in [5.41, 5.74) is 0. The van der Waals surface area contributed by atoms with Crippen molar-refractivity contribution in [2.24, 2.45) is 5.92 Å². The Morgan fingerprint density at radius 2 is 2.38 bits per heavy atom. The van der Waals surface area contributed by atoms with E-state index in [1.165, 1.54) is 0 Å². The van der Waals surface area contributed by atoms with E-state index in [9.17, 15) is 4.79 Å². The van der Waals surface area contributed by atoms with Crippen molar-refractivity contribution >= 4 is 33.4 Å². The SMILES string of the molecule is CNC[C@H]1CCN(C(=O)[C@H](C)Oc2ccc(Cl)cc2Br)C1. The molecule has 0 unspecified atom stereocenters. The Kier molecular flexibility index (Phi) is 5.90. The third-order valence-electron chi connectivity index (χ3n) is 3.64. The van der Waals surface area contributed by atoms with E-state index in [1.54, 1.807) is 25.1 Å². The van der Waals surface area contributed by atoms with Crippen LogP contribution < -0.4 is 10.1 Å². The van der Waals surface area contributed by atoms with Gasteiger partial charge < -0.3 is 15.0 Å². The van der Waals surface area contributed by atoms with Crippen LogP contribution >= 0.6 is 27.5 Å². The van der Waals surface area contributed by atoms with Gasteiger partial charge in [0.2, 0.25) is 0 Å². The van der Waals surface area contributed by atoms with Crippen LogP contribution in [0.5, 0.6) is 5.75 Å². The summed E-state index contributed by atoms with van der Waals surface area (Å²) in [7, 11) is 1.94. The van der Waals surface area contributed by atoms with E-state index in [1.807, 2.05) is 11.9 Å². The molecule has 1 saturated heterocycles. The molecular formula is C15H20BrClN2O2. The molecule has 1 aromatic carbocycles. The zero-order valence-electron chi connectivity index (χ0n) is 12.2. The summed E-state index contributed by atoms with van der Waals surface area (Å²) in [5, 5.41) is 3.79. The minimum absolute atomic E-state index is 0.0375. The minimum atomic E-state index is -0.504. The molecule has 0 aromatic heterocycles. The second-order valence-electron chi connectivity index (χ2n) is 5.33. The van der Waals surface area contributed by atoms with Crippen molar-refractivity contribution in [3.63, 3.8) is 0 Å². The van der Waals surface area contributed by atoms with E-state index >= 15 is 0 Å². The maximum Gasteiger partial charge on any atom is 0.263 e. The van der Waals surface area contributed by atoms with Gasteiger partial charge in [-0.05, 0) is 67.0 Å². The van der Waals surface area contributed by atoms with Gasteiger partial charge in [-0.2, -0.15) is 0 Å². The zero-order chi connectivity index (χ0) is 15.4. The Hall–Kier alpha value is -0.780. The predicted molar refractivity (Wildman–Crippen MR) is 87.9 cm³/mol. The first kappa shape index (κ1) is 16.6. The van der Waals surface area contributed by atoms with E-state index in [4.69, 9.17) is 16.3 Å². The molecule has 0 bridgehead atoms. The van der Waals surface area contributed by atoms with E-state index in [0.717, 1.165) is 30.5 Å². The first-order valence-electron chi connectivity index (χ1n) is 7.06. The molecular weight excluding hydrogens is 356 g/mol. The molecule has 1 aromatic rings. The van der Waals surface area contributed by atoms with Crippen LogP contribution in [0.1, 0.15) is 13.3 Å². The Balaban J connectivity index is 1.94. The fourth-order valence-corrected chi connectivity index (χ4v) is 3.33. The van der Waals surface area contributed by atoms with Crippen LogP contribution in [0.2, 0.25) is 5.02 Å². The maximum absolute atomic E-state index is 12.4. The Labute approximate surface area is 138 Å². The average molecular weight is 376 g/mol. The predicted octanol–water partition coefficient (Wildman–Crippen LogP) is 2.94. The molecule has 4 nitrogen and oxygen atoms in total. The fourth-order valence-electron chi connectivity index (χ4n) is 2.56. The second-order valence-corrected chi connectivity index (χ2v) is 6.62. The molecule has 1 fully saturated rings. The Morgan fingerprint density at radius 3 is 3.05 bits per heavy atom. The highest BCUT2D eigenvalue weighted by atomic mass is 79.9. The summed E-state index contributed by atoms with van der Waals surface area (Å²) in [5.74, 6) is 1.20. The lowest BCUT2D eigenvalue weighted by molar-refractivity contribution is -0.137. The fraction of sp³-hybridized carbons (Fsp3) is 0.533. The molecule has 0 aliphatic carbocycles. The van der Waals surface area contributed by atoms with Crippen LogP contribution in [-0.2, 0) is 4.79 Å². The highest BCUT2D eigenvalue weighted by Crippen LogP contribution is 2.29. The molecule has 116 valence electrons. The standard InChI is InChI=1S/C15H20BrClN2O2/c1-10(21-14-4-3-12(17)7-13(14)16)15(20)19-6-5-11(9-19)8-18-2/h3-4,7,10-11,18H,5-6,8-9H2,1-2H3/t10-,11+/m0/s1. The lowest BCUT2D eigenvalue weighted by Gasteiger charge is -2.22. The van der Waals surface area contributed by atoms with Crippen molar-refractivity contribution in [2.45, 2.75) is 19.4 Å². The molecule has 1 aliphatic heterocycles. The van der Waals surface area contributed by atoms with Crippen LogP contribution in [0, 0.1) is 5.92 Å². The number of benzene rings is 1. The summed E-state index contributed by atoms with van der Waals surface area (Å²) in [4.78, 5) is 14.3. The van der Waals surface area contributed by atoms with Gasteiger partial charge in [0, 0.05) is 18.1 Å². The molecule has 1 N–H and O–H groups in total. The molecule has 2 atom stereocenters. The largest absolute Gasteiger partial charge is 0.480 e. The average Bonchev–Trinajstić information content (AvgIpc) is 2.90. The summed E-state index contributed by atoms with van der Waals surface area (Å²) in [6, 6.07) is 5.27. The third-order valence-corrected chi connectivity index (χ3v) is 4.49. The van der Waals surface area contributed by atoms with Gasteiger partial charge in [0.05, 0.1) is 4.47 Å². The van der Waals surface area contributed by atoms with Gasteiger partial charge in [0.1, 0.15) is 5.75 Å². The van der Waals surface area contributed by atoms with Crippen LogP contribution in [0.4, 0.5) is 0 Å². The monoisotopic (exact) mass is 374 g/mol. The number of hydrogen-bond acceptors (Lipinski definition) is 3. The number of amides is 1. The third kappa shape index (κ3) is 4.34. The lowest BCUT2D eigenvalue weighted by atomic mass is 10.1. The van der Waals surface area contributed by atoms with Crippen molar-refractivity contribution in [1.82, 2.24) is 10.2 Å². The number of carbonyl (C=O) groups is 1. The topological polar surface area (TPSA) is 41.6 Å². The number of likely N-dealkylation sites (tertiary alicyclic amines) is 1. The number of rotatable bonds is 5. The van der Waals surface area contributed by atoms with Gasteiger partial charge in [0.15, 0.2) is 6.10 Å². The molecule has 1 heterocycles. The van der Waals surface area contributed by atoms with Crippen LogP contribution in [0.3, 0.4) is 0 Å². The van der Waals surface area contributed by atoms with Gasteiger partial charge >= 0.3 is 0 Å². The van der Waals surface area contributed by atoms with Crippen molar-refractivity contribution < 1.29 is 9.53 Å². The molecule has 6 heteroatoms. The Morgan fingerprint density at radius 1 is 1.62 bits per heavy atom. The van der Waals surface area contributed by atoms with Gasteiger partial charge in [-0.25, -0.2) is 0 Å². The van der Waals surface area contributed by atoms with Crippen molar-refractivity contribution in [1.29, 1.82) is 0 Å². The smallest absolute Gasteiger partial charge is 0.263 e. The highest BCUT2D eigenvalue weighted by Gasteiger charge is 2.29. The number of halogens is 2. The molecule has 0 radical (unpaired) electrons. The normalized spacial score (nSPS) is 19.6. The first-order chi connectivity index (χ1) is 10.0. The quantitative estimate of drug-likeness (QED) is 0.860. The summed E-state index contributed by atoms with van der Waals surface area (Å²) >= 11 is 9.29. The summed E-state index contributed by atoms with van der Waals surface area (Å²) < 4.78 is 6.51. The molecule has 0 spiro atoms. The van der Waals surface area contributed by atoms with Crippen LogP contribution in [-0.4, -0.2) is 43.6 Å². The number of hydrogen-bond donors (Lipinski definition) is 1. The van der Waals surface area contributed by atoms with Crippen molar-refractivity contribution in [2.75, 3.05) is 26.7 Å². The van der Waals surface area contributed by atoms with Gasteiger partial charge in [-0.1, -0.05) is 11.6 Å². The number of ether oxygens (including phenoxy) is 1.